The average Bonchev–Trinajstić information content (AvgIpc) is 2.91. The van der Waals surface area contributed by atoms with E-state index in [-0.39, 0.29) is 11.8 Å². The van der Waals surface area contributed by atoms with E-state index >= 15 is 0 Å². The molecule has 146 valence electrons. The number of carbonyl (C=O) groups is 2. The highest BCUT2D eigenvalue weighted by Gasteiger charge is 2.39. The molecule has 0 spiro atoms. The molecule has 1 heterocycles. The van der Waals surface area contributed by atoms with Crippen molar-refractivity contribution in [2.75, 3.05) is 20.3 Å². The van der Waals surface area contributed by atoms with Gasteiger partial charge in [0.15, 0.2) is 0 Å². The molecule has 0 atom stereocenters. The normalized spacial score (nSPS) is 14.3. The van der Waals surface area contributed by atoms with Gasteiger partial charge < -0.3 is 4.74 Å². The second-order valence-electron chi connectivity index (χ2n) is 6.21. The maximum Gasteiger partial charge on any atom is 0.267 e. The molecule has 0 radical (unpaired) electrons. The van der Waals surface area contributed by atoms with Gasteiger partial charge in [0.1, 0.15) is 0 Å². The van der Waals surface area contributed by atoms with Crippen molar-refractivity contribution in [1.82, 2.24) is 4.90 Å². The zero-order valence-electron chi connectivity index (χ0n) is 15.3. The Kier molecular flexibility index (Phi) is 7.18. The fourth-order valence-corrected chi connectivity index (χ4v) is 4.50. The first-order valence-electron chi connectivity index (χ1n) is 8.74. The summed E-state index contributed by atoms with van der Waals surface area (Å²) in [5, 5.41) is 0.821. The molecule has 2 aromatic carbocycles. The summed E-state index contributed by atoms with van der Waals surface area (Å²) in [5.74, 6) is -0.0422. The number of nitrogens with zero attached hydrogens (tertiary/aromatic N) is 1. The van der Waals surface area contributed by atoms with Gasteiger partial charge in [0.25, 0.3) is 11.8 Å². The summed E-state index contributed by atoms with van der Waals surface area (Å²) in [7, 11) is 1.59. The van der Waals surface area contributed by atoms with Gasteiger partial charge in [-0.05, 0) is 24.1 Å². The predicted octanol–water partition coefficient (Wildman–Crippen LogP) is 5.04. The van der Waals surface area contributed by atoms with Crippen molar-refractivity contribution in [2.45, 2.75) is 12.2 Å². The van der Waals surface area contributed by atoms with Crippen LogP contribution in [0.1, 0.15) is 17.5 Å². The highest BCUT2D eigenvalue weighted by atomic mass is 35.5. The van der Waals surface area contributed by atoms with Gasteiger partial charge in [0.2, 0.25) is 0 Å². The van der Waals surface area contributed by atoms with E-state index in [0.29, 0.717) is 51.4 Å². The number of carbonyl (C=O) groups excluding carboxylic acids is 2. The van der Waals surface area contributed by atoms with Crippen LogP contribution in [0.2, 0.25) is 10.0 Å². The fraction of sp³-hybridized carbons (Fsp3) is 0.238. The minimum Gasteiger partial charge on any atom is -0.385 e. The second kappa shape index (κ2) is 9.61. The Labute approximate surface area is 178 Å². The summed E-state index contributed by atoms with van der Waals surface area (Å²) in [6.07, 6.45) is 0.576. The number of imide groups is 1. The fourth-order valence-electron chi connectivity index (χ4n) is 2.92. The molecule has 3 rings (SSSR count). The van der Waals surface area contributed by atoms with Crippen LogP contribution in [0.4, 0.5) is 0 Å². The number of rotatable bonds is 8. The van der Waals surface area contributed by atoms with Gasteiger partial charge in [-0.25, -0.2) is 0 Å². The van der Waals surface area contributed by atoms with E-state index in [1.807, 2.05) is 30.3 Å². The minimum atomic E-state index is -0.333. The molecule has 0 saturated heterocycles. The lowest BCUT2D eigenvalue weighted by Gasteiger charge is -2.14. The molecule has 0 bridgehead atoms. The van der Waals surface area contributed by atoms with Gasteiger partial charge in [0, 0.05) is 36.6 Å². The molecule has 0 fully saturated rings. The van der Waals surface area contributed by atoms with Crippen LogP contribution in [0.25, 0.3) is 5.57 Å². The van der Waals surface area contributed by atoms with Crippen LogP contribution >= 0.6 is 35.0 Å². The van der Waals surface area contributed by atoms with Crippen LogP contribution in [-0.4, -0.2) is 37.0 Å². The average molecular weight is 436 g/mol. The Morgan fingerprint density at radius 2 is 1.79 bits per heavy atom. The van der Waals surface area contributed by atoms with Gasteiger partial charge in [0.05, 0.1) is 15.5 Å². The van der Waals surface area contributed by atoms with E-state index in [0.717, 1.165) is 5.56 Å². The van der Waals surface area contributed by atoms with Crippen LogP contribution in [0.5, 0.6) is 0 Å². The smallest absolute Gasteiger partial charge is 0.267 e. The summed E-state index contributed by atoms with van der Waals surface area (Å²) in [6.45, 7) is 0.774. The van der Waals surface area contributed by atoms with Crippen molar-refractivity contribution in [3.8, 4) is 0 Å². The van der Waals surface area contributed by atoms with Crippen molar-refractivity contribution < 1.29 is 14.3 Å². The maximum atomic E-state index is 13.1. The summed E-state index contributed by atoms with van der Waals surface area (Å²) < 4.78 is 5.04. The monoisotopic (exact) mass is 435 g/mol. The molecule has 0 aromatic heterocycles. The van der Waals surface area contributed by atoms with Gasteiger partial charge in [-0.1, -0.05) is 59.6 Å². The number of hydrogen-bond acceptors (Lipinski definition) is 4. The Morgan fingerprint density at radius 1 is 1.04 bits per heavy atom. The number of halogens is 2. The lowest BCUT2D eigenvalue weighted by atomic mass is 10.1. The van der Waals surface area contributed by atoms with E-state index in [1.54, 1.807) is 25.3 Å². The molecule has 0 unspecified atom stereocenters. The number of thioether (sulfide) groups is 1. The van der Waals surface area contributed by atoms with E-state index in [4.69, 9.17) is 27.9 Å². The zero-order chi connectivity index (χ0) is 20.1. The molecular formula is C21H19Cl2NO3S. The third-order valence-electron chi connectivity index (χ3n) is 4.28. The van der Waals surface area contributed by atoms with E-state index in [2.05, 4.69) is 0 Å². The molecule has 7 heteroatoms. The highest BCUT2D eigenvalue weighted by molar-refractivity contribution is 8.03. The lowest BCUT2D eigenvalue weighted by molar-refractivity contribution is -0.136. The van der Waals surface area contributed by atoms with E-state index < -0.39 is 0 Å². The Bertz CT molecular complexity index is 915. The van der Waals surface area contributed by atoms with Crippen molar-refractivity contribution >= 4 is 52.4 Å². The van der Waals surface area contributed by atoms with Crippen molar-refractivity contribution in [2.24, 2.45) is 0 Å². The van der Waals surface area contributed by atoms with Crippen LogP contribution in [0.3, 0.4) is 0 Å². The minimum absolute atomic E-state index is 0.289. The second-order valence-corrected chi connectivity index (χ2v) is 8.04. The molecule has 0 N–H and O–H groups in total. The maximum absolute atomic E-state index is 13.1. The van der Waals surface area contributed by atoms with E-state index in [9.17, 15) is 9.59 Å². The van der Waals surface area contributed by atoms with Gasteiger partial charge in [-0.3, -0.25) is 14.5 Å². The highest BCUT2D eigenvalue weighted by Crippen LogP contribution is 2.40. The van der Waals surface area contributed by atoms with Gasteiger partial charge in [-0.15, -0.1) is 11.8 Å². The van der Waals surface area contributed by atoms with Crippen molar-refractivity contribution in [3.05, 3.63) is 74.6 Å². The third kappa shape index (κ3) is 4.61. The first-order chi connectivity index (χ1) is 13.5. The summed E-state index contributed by atoms with van der Waals surface area (Å²) in [5.41, 5.74) is 1.93. The number of amides is 2. The van der Waals surface area contributed by atoms with Crippen molar-refractivity contribution in [3.63, 3.8) is 0 Å². The summed E-state index contributed by atoms with van der Waals surface area (Å²) in [4.78, 5) is 27.8. The first kappa shape index (κ1) is 20.9. The zero-order valence-corrected chi connectivity index (χ0v) is 17.6. The molecule has 0 saturated carbocycles. The Hall–Kier alpha value is -1.79. The number of methoxy groups -OCH3 is 1. The van der Waals surface area contributed by atoms with Crippen LogP contribution in [0.15, 0.2) is 53.4 Å². The molecule has 28 heavy (non-hydrogen) atoms. The molecule has 0 aliphatic carbocycles. The van der Waals surface area contributed by atoms with Crippen LogP contribution < -0.4 is 0 Å². The third-order valence-corrected chi connectivity index (χ3v) is 5.98. The Balaban J connectivity index is 1.95. The molecule has 2 amide bonds. The summed E-state index contributed by atoms with van der Waals surface area (Å²) in [6, 6.07) is 14.7. The standard InChI is InChI=1S/C21H19Cl2NO3S/c1-27-11-5-10-24-20(25)18(16-9-8-15(22)12-17(16)23)19(21(24)26)28-13-14-6-3-2-4-7-14/h2-4,6-9,12H,5,10-11,13H2,1H3. The first-order valence-corrected chi connectivity index (χ1v) is 10.5. The molecule has 2 aromatic rings. The predicted molar refractivity (Wildman–Crippen MR) is 114 cm³/mol. The molecular weight excluding hydrogens is 417 g/mol. The largest absolute Gasteiger partial charge is 0.385 e. The van der Waals surface area contributed by atoms with Crippen LogP contribution in [0, 0.1) is 0 Å². The number of ether oxygens (including phenoxy) is 1. The molecule has 4 nitrogen and oxygen atoms in total. The van der Waals surface area contributed by atoms with E-state index in [1.165, 1.54) is 16.7 Å². The SMILES string of the molecule is COCCCN1C(=O)C(SCc2ccccc2)=C(c2ccc(Cl)cc2Cl)C1=O. The quantitative estimate of drug-likeness (QED) is 0.430. The molecule has 1 aliphatic rings. The van der Waals surface area contributed by atoms with Gasteiger partial charge >= 0.3 is 0 Å². The number of benzene rings is 2. The topological polar surface area (TPSA) is 46.6 Å². The number of hydrogen-bond donors (Lipinski definition) is 0. The molecule has 1 aliphatic heterocycles. The van der Waals surface area contributed by atoms with Gasteiger partial charge in [-0.2, -0.15) is 0 Å². The Morgan fingerprint density at radius 3 is 2.46 bits per heavy atom. The van der Waals surface area contributed by atoms with Crippen LogP contribution in [-0.2, 0) is 20.1 Å². The van der Waals surface area contributed by atoms with Crippen molar-refractivity contribution in [1.29, 1.82) is 0 Å². The summed E-state index contributed by atoms with van der Waals surface area (Å²) >= 11 is 13.7. The lowest BCUT2D eigenvalue weighted by Crippen LogP contribution is -2.33.